The van der Waals surface area contributed by atoms with Crippen LogP contribution in [0.4, 0.5) is 26.3 Å². The number of ketones is 2. The molecular weight excluding hydrogens is 855 g/mol. The second kappa shape index (κ2) is 19.2. The topological polar surface area (TPSA) is 204 Å². The number of benzene rings is 2. The lowest BCUT2D eigenvalue weighted by atomic mass is 9.85. The summed E-state index contributed by atoms with van der Waals surface area (Å²) < 4.78 is 123. The minimum Gasteiger partial charge on any atom is -0.495 e. The maximum absolute atomic E-state index is 15.3. The first-order valence-electron chi connectivity index (χ1n) is 18.0. The number of ether oxygens (including phenoxy) is 2. The molecule has 0 saturated carbocycles. The number of Topliss-reactive ketones (excluding diaryl/α,β-unsaturated/α-hetero) is 2. The van der Waals surface area contributed by atoms with Gasteiger partial charge in [-0.15, -0.1) is 0 Å². The number of carbonyl (C=O) groups excluding carboxylic acids is 2. The van der Waals surface area contributed by atoms with E-state index in [1.165, 1.54) is 34.4 Å². The molecule has 0 unspecified atom stereocenters. The standard InChI is InChI=1S/C20H23F3N4O2S.C19H19F3N4O4S/c1-20(6-7-25-2,27-19(24)30)16-13(21)5-4-11(17(16)23)8-15(28)18-14(22)9-12(29-3)10-26-18;1-19(9-31(28,29)26(2)18(23)25-19)15-12(20)5-4-10(16(15)22)6-14(27)17-13(21)7-11(30-3)8-24-17/h4-5,9-10,25H,6-8H2,1-3H3,(H3,24,27,30);4-5,7-8H,6,9H2,1-3H3,(H2,23,25)/t20-;19-/m00/s1. The van der Waals surface area contributed by atoms with Crippen molar-refractivity contribution in [2.24, 2.45) is 16.5 Å². The highest BCUT2D eigenvalue weighted by atomic mass is 32.2. The number of thiocarbonyl (C=S) groups is 1. The molecule has 4 aromatic rings. The number of nitrogens with one attached hydrogen (secondary N) is 2. The molecule has 1 aliphatic rings. The molecule has 0 bridgehead atoms. The maximum Gasteiger partial charge on any atom is 0.239 e. The van der Waals surface area contributed by atoms with Gasteiger partial charge < -0.3 is 31.6 Å². The van der Waals surface area contributed by atoms with Gasteiger partial charge in [0.05, 0.1) is 43.5 Å². The fourth-order valence-electron chi connectivity index (χ4n) is 6.43. The van der Waals surface area contributed by atoms with Gasteiger partial charge >= 0.3 is 0 Å². The van der Waals surface area contributed by atoms with Crippen LogP contribution in [0.3, 0.4) is 0 Å². The van der Waals surface area contributed by atoms with E-state index in [1.54, 1.807) is 14.0 Å². The maximum atomic E-state index is 15.3. The van der Waals surface area contributed by atoms with E-state index in [0.29, 0.717) is 6.54 Å². The Hall–Kier alpha value is -5.87. The van der Waals surface area contributed by atoms with E-state index in [9.17, 15) is 35.6 Å². The Labute approximate surface area is 352 Å². The van der Waals surface area contributed by atoms with E-state index >= 15 is 8.78 Å². The predicted octanol–water partition coefficient (Wildman–Crippen LogP) is 4.33. The van der Waals surface area contributed by atoms with Crippen molar-refractivity contribution >= 4 is 44.9 Å². The average molecular weight is 897 g/mol. The van der Waals surface area contributed by atoms with Gasteiger partial charge in [0.25, 0.3) is 0 Å². The van der Waals surface area contributed by atoms with E-state index in [2.05, 4.69) is 25.6 Å². The van der Waals surface area contributed by atoms with Crippen LogP contribution in [0.25, 0.3) is 0 Å². The van der Waals surface area contributed by atoms with E-state index < -0.39 is 109 Å². The number of hydrogen-bond acceptors (Lipinski definition) is 12. The molecule has 0 radical (unpaired) electrons. The zero-order valence-electron chi connectivity index (χ0n) is 33.6. The molecule has 5 rings (SSSR count). The predicted molar refractivity (Wildman–Crippen MR) is 217 cm³/mol. The molecule has 22 heteroatoms. The van der Waals surface area contributed by atoms with Gasteiger partial charge in [0, 0.05) is 37.6 Å². The number of carbonyl (C=O) groups is 2. The highest BCUT2D eigenvalue weighted by molar-refractivity contribution is 7.89. The number of aliphatic imine (C=N–C) groups is 1. The molecule has 3 heterocycles. The summed E-state index contributed by atoms with van der Waals surface area (Å²) in [6.07, 6.45) is 1.41. The van der Waals surface area contributed by atoms with Gasteiger partial charge in [0.15, 0.2) is 28.3 Å². The molecule has 1 aliphatic heterocycles. The van der Waals surface area contributed by atoms with Gasteiger partial charge in [0.1, 0.15) is 51.7 Å². The molecule has 2 aromatic carbocycles. The molecule has 14 nitrogen and oxygen atoms in total. The SMILES string of the molecule is CNCC[C@](C)(NC(N)=S)c1c(F)ccc(CC(=O)c2ncc(OC)cc2F)c1F.COc1cnc(C(=O)Cc2ccc(F)c([C@]3(C)CS(=O)(=O)N(C)C(N)=N3)c2F)c(F)c1. The number of nitrogens with zero attached hydrogens (tertiary/aromatic N) is 4. The van der Waals surface area contributed by atoms with Crippen LogP contribution in [-0.2, 0) is 33.9 Å². The summed E-state index contributed by atoms with van der Waals surface area (Å²) in [6, 6.07) is 6.07. The first-order valence-corrected chi connectivity index (χ1v) is 20.0. The van der Waals surface area contributed by atoms with Crippen LogP contribution in [-0.4, -0.2) is 85.9 Å². The van der Waals surface area contributed by atoms with Crippen LogP contribution in [0.2, 0.25) is 0 Å². The summed E-state index contributed by atoms with van der Waals surface area (Å²) >= 11 is 4.87. The second-order valence-corrected chi connectivity index (χ2v) is 16.5. The third kappa shape index (κ3) is 10.7. The number of hydrogen-bond donors (Lipinski definition) is 4. The first-order chi connectivity index (χ1) is 28.5. The fourth-order valence-corrected chi connectivity index (χ4v) is 8.09. The molecule has 0 fully saturated rings. The second-order valence-electron chi connectivity index (χ2n) is 14.0. The zero-order chi connectivity index (χ0) is 45.6. The third-order valence-corrected chi connectivity index (χ3v) is 11.7. The first kappa shape index (κ1) is 47.8. The van der Waals surface area contributed by atoms with Gasteiger partial charge in [-0.1, -0.05) is 12.1 Å². The lowest BCUT2D eigenvalue weighted by Crippen LogP contribution is -2.50. The summed E-state index contributed by atoms with van der Waals surface area (Å²) in [4.78, 5) is 36.4. The van der Waals surface area contributed by atoms with Crippen molar-refractivity contribution in [3.63, 3.8) is 0 Å². The van der Waals surface area contributed by atoms with Gasteiger partial charge in [0.2, 0.25) is 16.0 Å². The highest BCUT2D eigenvalue weighted by Crippen LogP contribution is 2.37. The molecule has 2 atom stereocenters. The van der Waals surface area contributed by atoms with Crippen LogP contribution in [0.5, 0.6) is 11.5 Å². The normalized spacial score (nSPS) is 16.7. The van der Waals surface area contributed by atoms with Crippen molar-refractivity contribution < 1.29 is 53.8 Å². The summed E-state index contributed by atoms with van der Waals surface area (Å²) in [7, 11) is 1.51. The Bertz CT molecular complexity index is 2500. The number of methoxy groups -OCH3 is 2. The lowest BCUT2D eigenvalue weighted by Gasteiger charge is -2.35. The zero-order valence-corrected chi connectivity index (χ0v) is 35.3. The Morgan fingerprint density at radius 3 is 1.82 bits per heavy atom. The summed E-state index contributed by atoms with van der Waals surface area (Å²) in [6.45, 7) is 3.19. The van der Waals surface area contributed by atoms with Gasteiger partial charge in [-0.05, 0) is 69.3 Å². The van der Waals surface area contributed by atoms with Crippen molar-refractivity contribution in [3.05, 3.63) is 117 Å². The quantitative estimate of drug-likeness (QED) is 0.0792. The number of sulfonamides is 1. The lowest BCUT2D eigenvalue weighted by molar-refractivity contribution is 0.0974. The van der Waals surface area contributed by atoms with E-state index in [-0.39, 0.29) is 39.7 Å². The molecular formula is C39H42F6N8O6S2. The van der Waals surface area contributed by atoms with Crippen LogP contribution in [0.15, 0.2) is 53.8 Å². The molecule has 0 spiro atoms. The number of aromatic nitrogens is 2. The Morgan fingerprint density at radius 1 is 0.885 bits per heavy atom. The number of pyridine rings is 2. The van der Waals surface area contributed by atoms with Gasteiger partial charge in [-0.2, -0.15) is 0 Å². The average Bonchev–Trinajstić information content (AvgIpc) is 3.17. The van der Waals surface area contributed by atoms with Crippen molar-refractivity contribution in [1.29, 1.82) is 0 Å². The van der Waals surface area contributed by atoms with Crippen molar-refractivity contribution in [1.82, 2.24) is 24.9 Å². The highest BCUT2D eigenvalue weighted by Gasteiger charge is 2.44. The number of guanidine groups is 1. The van der Waals surface area contributed by atoms with E-state index in [0.717, 1.165) is 46.9 Å². The third-order valence-electron chi connectivity index (χ3n) is 9.61. The number of nitrogens with two attached hydrogens (primary N) is 2. The van der Waals surface area contributed by atoms with Crippen LogP contribution < -0.4 is 31.6 Å². The Kier molecular flexibility index (Phi) is 15.1. The summed E-state index contributed by atoms with van der Waals surface area (Å²) in [5.41, 5.74) is 5.73. The Morgan fingerprint density at radius 2 is 1.38 bits per heavy atom. The van der Waals surface area contributed by atoms with E-state index in [4.69, 9.17) is 33.2 Å². The minimum absolute atomic E-state index is 0.0937. The van der Waals surface area contributed by atoms with Crippen LogP contribution in [0.1, 0.15) is 63.5 Å². The van der Waals surface area contributed by atoms with Crippen LogP contribution >= 0.6 is 12.2 Å². The van der Waals surface area contributed by atoms with Crippen molar-refractivity contribution in [3.8, 4) is 11.5 Å². The largest absolute Gasteiger partial charge is 0.495 e. The van der Waals surface area contributed by atoms with Crippen molar-refractivity contribution in [2.75, 3.05) is 40.6 Å². The molecule has 0 amide bonds. The summed E-state index contributed by atoms with van der Waals surface area (Å²) in [5, 5.41) is 5.52. The molecule has 2 aromatic heterocycles. The molecule has 328 valence electrons. The van der Waals surface area contributed by atoms with Gasteiger partial charge in [-0.3, -0.25) is 9.59 Å². The van der Waals surface area contributed by atoms with E-state index in [1.807, 2.05) is 0 Å². The van der Waals surface area contributed by atoms with Crippen LogP contribution in [0, 0.1) is 34.9 Å². The fraction of sp³-hybridized carbons (Fsp3) is 0.333. The molecule has 6 N–H and O–H groups in total. The molecule has 0 aliphatic carbocycles. The molecule has 0 saturated heterocycles. The van der Waals surface area contributed by atoms with Gasteiger partial charge in [-0.25, -0.2) is 54.0 Å². The summed E-state index contributed by atoms with van der Waals surface area (Å²) in [5.74, 6) is -8.38. The Balaban J connectivity index is 0.000000269. The number of rotatable bonds is 14. The smallest absolute Gasteiger partial charge is 0.239 e. The number of halogens is 6. The van der Waals surface area contributed by atoms with Crippen molar-refractivity contribution in [2.45, 2.75) is 44.2 Å². The monoisotopic (exact) mass is 896 g/mol. The minimum atomic E-state index is -3.99. The molecule has 61 heavy (non-hydrogen) atoms.